The molecule has 15 heavy (non-hydrogen) atoms. The molecule has 0 spiro atoms. The fourth-order valence-corrected chi connectivity index (χ4v) is 3.31. The highest BCUT2D eigenvalue weighted by Crippen LogP contribution is 2.33. The van der Waals surface area contributed by atoms with E-state index in [1.54, 1.807) is 11.3 Å². The molecule has 1 aliphatic rings. The van der Waals surface area contributed by atoms with Gasteiger partial charge in [0.25, 0.3) is 0 Å². The van der Waals surface area contributed by atoms with E-state index in [1.165, 1.54) is 43.4 Å². The van der Waals surface area contributed by atoms with Gasteiger partial charge in [0.05, 0.1) is 5.01 Å². The third kappa shape index (κ3) is 2.79. The minimum absolute atomic E-state index is 0.231. The lowest BCUT2D eigenvalue weighted by atomic mass is 9.92. The number of aromatic nitrogens is 1. The van der Waals surface area contributed by atoms with E-state index in [4.69, 9.17) is 5.73 Å². The second kappa shape index (κ2) is 5.08. The molecule has 1 unspecified atom stereocenters. The first-order chi connectivity index (χ1) is 7.27. The molecule has 1 saturated carbocycles. The molecule has 0 saturated heterocycles. The van der Waals surface area contributed by atoms with Crippen molar-refractivity contribution in [2.45, 2.75) is 51.5 Å². The summed E-state index contributed by atoms with van der Waals surface area (Å²) in [4.78, 5) is 5.57. The van der Waals surface area contributed by atoms with Crippen LogP contribution in [0.2, 0.25) is 0 Å². The number of hydrogen-bond acceptors (Lipinski definition) is 3. The first-order valence-corrected chi connectivity index (χ1v) is 6.77. The first-order valence-electron chi connectivity index (χ1n) is 5.95. The SMILES string of the molecule is Cc1ncc(C(N)C2CCCCCC2)s1. The maximum absolute atomic E-state index is 6.32. The van der Waals surface area contributed by atoms with Crippen molar-refractivity contribution in [1.82, 2.24) is 4.98 Å². The van der Waals surface area contributed by atoms with Crippen molar-refractivity contribution < 1.29 is 0 Å². The Morgan fingerprint density at radius 1 is 1.33 bits per heavy atom. The van der Waals surface area contributed by atoms with Gasteiger partial charge in [-0.2, -0.15) is 0 Å². The summed E-state index contributed by atoms with van der Waals surface area (Å²) in [6.45, 7) is 2.05. The number of rotatable bonds is 2. The number of nitrogens with zero attached hydrogens (tertiary/aromatic N) is 1. The van der Waals surface area contributed by atoms with Crippen LogP contribution in [0.5, 0.6) is 0 Å². The molecular formula is C12H20N2S. The number of aryl methyl sites for hydroxylation is 1. The van der Waals surface area contributed by atoms with Crippen molar-refractivity contribution in [2.75, 3.05) is 0 Å². The summed E-state index contributed by atoms with van der Waals surface area (Å²) in [6.07, 6.45) is 10.1. The minimum Gasteiger partial charge on any atom is -0.323 e. The van der Waals surface area contributed by atoms with Crippen molar-refractivity contribution in [1.29, 1.82) is 0 Å². The van der Waals surface area contributed by atoms with Crippen molar-refractivity contribution in [3.8, 4) is 0 Å². The van der Waals surface area contributed by atoms with Crippen LogP contribution in [0.15, 0.2) is 6.20 Å². The van der Waals surface area contributed by atoms with E-state index in [-0.39, 0.29) is 6.04 Å². The highest BCUT2D eigenvalue weighted by Gasteiger charge is 2.22. The Labute approximate surface area is 95.9 Å². The van der Waals surface area contributed by atoms with Crippen LogP contribution in [0.1, 0.15) is 54.5 Å². The van der Waals surface area contributed by atoms with Gasteiger partial charge in [0.2, 0.25) is 0 Å². The van der Waals surface area contributed by atoms with Gasteiger partial charge in [0.1, 0.15) is 0 Å². The monoisotopic (exact) mass is 224 g/mol. The zero-order valence-electron chi connectivity index (χ0n) is 9.41. The summed E-state index contributed by atoms with van der Waals surface area (Å²) in [7, 11) is 0. The molecule has 1 aliphatic carbocycles. The minimum atomic E-state index is 0.231. The van der Waals surface area contributed by atoms with Gasteiger partial charge in [-0.05, 0) is 25.7 Å². The van der Waals surface area contributed by atoms with Crippen LogP contribution in [-0.4, -0.2) is 4.98 Å². The lowest BCUT2D eigenvalue weighted by Gasteiger charge is -2.20. The van der Waals surface area contributed by atoms with Crippen molar-refractivity contribution in [3.05, 3.63) is 16.1 Å². The Bertz CT molecular complexity index is 300. The molecule has 1 heterocycles. The van der Waals surface area contributed by atoms with E-state index in [2.05, 4.69) is 4.98 Å². The Balaban J connectivity index is 2.02. The van der Waals surface area contributed by atoms with Gasteiger partial charge in [-0.15, -0.1) is 11.3 Å². The largest absolute Gasteiger partial charge is 0.323 e. The molecule has 3 heteroatoms. The summed E-state index contributed by atoms with van der Waals surface area (Å²) in [5.41, 5.74) is 6.32. The molecule has 0 aliphatic heterocycles. The van der Waals surface area contributed by atoms with Crippen molar-refractivity contribution in [3.63, 3.8) is 0 Å². The average Bonchev–Trinajstić information content (AvgIpc) is 2.53. The summed E-state index contributed by atoms with van der Waals surface area (Å²) in [5.74, 6) is 0.687. The van der Waals surface area contributed by atoms with Gasteiger partial charge >= 0.3 is 0 Å². The summed E-state index contributed by atoms with van der Waals surface area (Å²) < 4.78 is 0. The first kappa shape index (κ1) is 11.1. The molecule has 2 N–H and O–H groups in total. The number of thiazole rings is 1. The molecule has 1 aromatic heterocycles. The Kier molecular flexibility index (Phi) is 3.76. The van der Waals surface area contributed by atoms with Crippen LogP contribution < -0.4 is 5.73 Å². The Morgan fingerprint density at radius 3 is 2.53 bits per heavy atom. The molecule has 1 fully saturated rings. The quantitative estimate of drug-likeness (QED) is 0.782. The topological polar surface area (TPSA) is 38.9 Å². The average molecular weight is 224 g/mol. The van der Waals surface area contributed by atoms with Gasteiger partial charge in [-0.25, -0.2) is 4.98 Å². The molecule has 0 aromatic carbocycles. The molecule has 0 bridgehead atoms. The summed E-state index contributed by atoms with van der Waals surface area (Å²) >= 11 is 1.76. The van der Waals surface area contributed by atoms with E-state index in [1.807, 2.05) is 13.1 Å². The van der Waals surface area contributed by atoms with Crippen LogP contribution in [0.25, 0.3) is 0 Å². The van der Waals surface area contributed by atoms with Crippen LogP contribution in [0.3, 0.4) is 0 Å². The lowest BCUT2D eigenvalue weighted by molar-refractivity contribution is 0.386. The van der Waals surface area contributed by atoms with Crippen molar-refractivity contribution in [2.24, 2.45) is 11.7 Å². The van der Waals surface area contributed by atoms with Crippen LogP contribution in [-0.2, 0) is 0 Å². The molecule has 2 nitrogen and oxygen atoms in total. The van der Waals surface area contributed by atoms with Gasteiger partial charge < -0.3 is 5.73 Å². The number of nitrogens with two attached hydrogens (primary N) is 1. The molecule has 0 amide bonds. The Hall–Kier alpha value is -0.410. The standard InChI is InChI=1S/C12H20N2S/c1-9-14-8-11(15-9)12(13)10-6-4-2-3-5-7-10/h8,10,12H,2-7,13H2,1H3. The molecule has 1 atom stereocenters. The lowest BCUT2D eigenvalue weighted by Crippen LogP contribution is -2.20. The van der Waals surface area contributed by atoms with Gasteiger partial charge in [0, 0.05) is 17.1 Å². The fourth-order valence-electron chi connectivity index (χ4n) is 2.43. The predicted octanol–water partition coefficient (Wildman–Crippen LogP) is 3.42. The van der Waals surface area contributed by atoms with Crippen LogP contribution in [0, 0.1) is 12.8 Å². The highest BCUT2D eigenvalue weighted by atomic mass is 32.1. The second-order valence-corrected chi connectivity index (χ2v) is 5.83. The summed E-state index contributed by atoms with van der Waals surface area (Å²) in [6, 6.07) is 0.231. The molecule has 2 rings (SSSR count). The third-order valence-corrected chi connectivity index (χ3v) is 4.39. The van der Waals surface area contributed by atoms with E-state index in [0.29, 0.717) is 5.92 Å². The van der Waals surface area contributed by atoms with Gasteiger partial charge in [-0.3, -0.25) is 0 Å². The van der Waals surface area contributed by atoms with E-state index in [9.17, 15) is 0 Å². The maximum Gasteiger partial charge on any atom is 0.0897 e. The zero-order chi connectivity index (χ0) is 10.7. The van der Waals surface area contributed by atoms with Crippen LogP contribution in [0.4, 0.5) is 0 Å². The zero-order valence-corrected chi connectivity index (χ0v) is 10.2. The smallest absolute Gasteiger partial charge is 0.0897 e. The van der Waals surface area contributed by atoms with Crippen molar-refractivity contribution >= 4 is 11.3 Å². The van der Waals surface area contributed by atoms with E-state index in [0.717, 1.165) is 5.01 Å². The van der Waals surface area contributed by atoms with Gasteiger partial charge in [0.15, 0.2) is 0 Å². The molecule has 0 radical (unpaired) electrons. The third-order valence-electron chi connectivity index (χ3n) is 3.38. The van der Waals surface area contributed by atoms with E-state index >= 15 is 0 Å². The second-order valence-electron chi connectivity index (χ2n) is 4.56. The predicted molar refractivity (Wildman–Crippen MR) is 65.0 cm³/mol. The Morgan fingerprint density at radius 2 is 2.00 bits per heavy atom. The fraction of sp³-hybridized carbons (Fsp3) is 0.750. The molecular weight excluding hydrogens is 204 g/mol. The normalized spacial score (nSPS) is 21.2. The summed E-state index contributed by atoms with van der Waals surface area (Å²) in [5, 5.41) is 1.13. The molecule has 84 valence electrons. The van der Waals surface area contributed by atoms with Crippen LogP contribution >= 0.6 is 11.3 Å². The van der Waals surface area contributed by atoms with Gasteiger partial charge in [-0.1, -0.05) is 25.7 Å². The molecule has 1 aromatic rings. The highest BCUT2D eigenvalue weighted by molar-refractivity contribution is 7.11. The number of hydrogen-bond donors (Lipinski definition) is 1. The maximum atomic E-state index is 6.32. The van der Waals surface area contributed by atoms with E-state index < -0.39 is 0 Å².